The highest BCUT2D eigenvalue weighted by Gasteiger charge is 2.45. The third kappa shape index (κ3) is 4.77. The zero-order valence-corrected chi connectivity index (χ0v) is 22.0. The molecule has 0 spiro atoms. The van der Waals surface area contributed by atoms with Crippen molar-refractivity contribution in [2.45, 2.75) is 38.0 Å². The number of carbonyl (C=O) groups excluding carboxylic acids is 1. The topological polar surface area (TPSA) is 47.6 Å². The predicted octanol–water partition coefficient (Wildman–Crippen LogP) is 7.25. The molecule has 0 saturated carbocycles. The van der Waals surface area contributed by atoms with Gasteiger partial charge in [0.1, 0.15) is 0 Å². The number of nitrogens with one attached hydrogen (secondary N) is 1. The minimum Gasteiger partial charge on any atom is -0.440 e. The van der Waals surface area contributed by atoms with Crippen LogP contribution in [-0.4, -0.2) is 11.9 Å². The van der Waals surface area contributed by atoms with Crippen molar-refractivity contribution in [2.24, 2.45) is 0 Å². The Morgan fingerprint density at radius 3 is 2.24 bits per heavy atom. The average molecular weight is 520 g/mol. The second-order valence-corrected chi connectivity index (χ2v) is 10.7. The molecule has 1 atom stereocenters. The summed E-state index contributed by atoms with van der Waals surface area (Å²) in [5.74, 6) is 0.399. The van der Waals surface area contributed by atoms with Gasteiger partial charge in [-0.05, 0) is 59.9 Å². The third-order valence-corrected chi connectivity index (χ3v) is 7.97. The van der Waals surface area contributed by atoms with E-state index in [1.807, 2.05) is 78.9 Å². The third-order valence-electron chi connectivity index (χ3n) is 6.96. The van der Waals surface area contributed by atoms with Crippen LogP contribution in [0.15, 0.2) is 109 Å². The molecule has 1 amide bonds. The second kappa shape index (κ2) is 10.3. The molecule has 1 aliphatic heterocycles. The van der Waals surface area contributed by atoms with Crippen molar-refractivity contribution >= 4 is 27.3 Å². The van der Waals surface area contributed by atoms with E-state index >= 15 is 0 Å². The van der Waals surface area contributed by atoms with Gasteiger partial charge >= 0.3 is 5.79 Å². The van der Waals surface area contributed by atoms with E-state index in [2.05, 4.69) is 41.9 Å². The largest absolute Gasteiger partial charge is 0.440 e. The number of hydrogen-bond donors (Lipinski definition) is 1. The van der Waals surface area contributed by atoms with Gasteiger partial charge in [0.2, 0.25) is 5.91 Å². The summed E-state index contributed by atoms with van der Waals surface area (Å²) in [6, 6.07) is 34.4. The molecule has 1 aliphatic rings. The first-order valence-electron chi connectivity index (χ1n) is 13.0. The van der Waals surface area contributed by atoms with E-state index in [1.165, 1.54) is 15.6 Å². The molecule has 0 radical (unpaired) electrons. The van der Waals surface area contributed by atoms with Gasteiger partial charge in [0.15, 0.2) is 11.5 Å². The monoisotopic (exact) mass is 519 g/mol. The molecule has 1 aromatic heterocycles. The molecule has 5 aromatic rings. The van der Waals surface area contributed by atoms with E-state index in [0.717, 1.165) is 23.1 Å². The lowest BCUT2D eigenvalue weighted by Crippen LogP contribution is -2.36. The van der Waals surface area contributed by atoms with Crippen molar-refractivity contribution in [3.8, 4) is 11.5 Å². The second-order valence-electron chi connectivity index (χ2n) is 9.76. The molecule has 4 aromatic carbocycles. The fourth-order valence-electron chi connectivity index (χ4n) is 5.10. The van der Waals surface area contributed by atoms with Crippen molar-refractivity contribution in [3.63, 3.8) is 0 Å². The first kappa shape index (κ1) is 24.3. The van der Waals surface area contributed by atoms with Crippen LogP contribution in [0.4, 0.5) is 0 Å². The summed E-state index contributed by atoms with van der Waals surface area (Å²) < 4.78 is 14.3. The molecular formula is C33H29NO3S. The van der Waals surface area contributed by atoms with Crippen molar-refractivity contribution in [1.82, 2.24) is 5.32 Å². The van der Waals surface area contributed by atoms with Crippen LogP contribution in [0.2, 0.25) is 0 Å². The van der Waals surface area contributed by atoms with Gasteiger partial charge in [0.25, 0.3) is 0 Å². The summed E-state index contributed by atoms with van der Waals surface area (Å²) in [5.41, 5.74) is 4.18. The Balaban J connectivity index is 1.12. The van der Waals surface area contributed by atoms with E-state index in [0.29, 0.717) is 24.3 Å². The van der Waals surface area contributed by atoms with Gasteiger partial charge in [0.05, 0.1) is 0 Å². The molecule has 2 heterocycles. The number of amides is 1. The molecule has 190 valence electrons. The minimum absolute atomic E-state index is 0.0534. The molecule has 0 unspecified atom stereocenters. The van der Waals surface area contributed by atoms with Crippen LogP contribution in [0.3, 0.4) is 0 Å². The van der Waals surface area contributed by atoms with Crippen molar-refractivity contribution < 1.29 is 14.3 Å². The van der Waals surface area contributed by atoms with Gasteiger partial charge < -0.3 is 14.8 Å². The van der Waals surface area contributed by atoms with Crippen LogP contribution in [0.25, 0.3) is 10.1 Å². The highest BCUT2D eigenvalue weighted by Crippen LogP contribution is 2.48. The van der Waals surface area contributed by atoms with Crippen molar-refractivity contribution in [2.75, 3.05) is 0 Å². The predicted molar refractivity (Wildman–Crippen MR) is 153 cm³/mol. The smallest absolute Gasteiger partial charge is 0.305 e. The van der Waals surface area contributed by atoms with E-state index in [1.54, 1.807) is 11.3 Å². The summed E-state index contributed by atoms with van der Waals surface area (Å²) in [6.07, 6.45) is 1.86. The Labute approximate surface area is 226 Å². The number of thiophene rings is 1. The zero-order valence-electron chi connectivity index (χ0n) is 21.2. The summed E-state index contributed by atoms with van der Waals surface area (Å²) in [6.45, 7) is 2.07. The average Bonchev–Trinajstić information content (AvgIpc) is 3.55. The number of hydrogen-bond acceptors (Lipinski definition) is 4. The molecule has 6 rings (SSSR count). The molecule has 0 fully saturated rings. The Hall–Kier alpha value is -4.09. The molecule has 5 heteroatoms. The highest BCUT2D eigenvalue weighted by atomic mass is 32.1. The van der Waals surface area contributed by atoms with Crippen molar-refractivity contribution in [1.29, 1.82) is 0 Å². The quantitative estimate of drug-likeness (QED) is 0.235. The first-order valence-corrected chi connectivity index (χ1v) is 13.9. The minimum atomic E-state index is -1.04. The van der Waals surface area contributed by atoms with E-state index in [9.17, 15) is 4.79 Å². The summed E-state index contributed by atoms with van der Waals surface area (Å²) in [4.78, 5) is 12.8. The summed E-state index contributed by atoms with van der Waals surface area (Å²) >= 11 is 1.75. The fraction of sp³-hybridized carbons (Fsp3) is 0.182. The van der Waals surface area contributed by atoms with Crippen LogP contribution in [0, 0.1) is 0 Å². The van der Waals surface area contributed by atoms with E-state index in [4.69, 9.17) is 9.47 Å². The van der Waals surface area contributed by atoms with Crippen molar-refractivity contribution in [3.05, 3.63) is 131 Å². The fourth-order valence-corrected chi connectivity index (χ4v) is 6.07. The first-order chi connectivity index (χ1) is 18.6. The highest BCUT2D eigenvalue weighted by molar-refractivity contribution is 7.17. The molecule has 38 heavy (non-hydrogen) atoms. The maximum atomic E-state index is 12.8. The van der Waals surface area contributed by atoms with Gasteiger partial charge in [-0.15, -0.1) is 11.3 Å². The number of aryl methyl sites for hydroxylation is 1. The molecule has 1 N–H and O–H groups in total. The Kier molecular flexibility index (Phi) is 6.61. The van der Waals surface area contributed by atoms with E-state index < -0.39 is 5.79 Å². The lowest BCUT2D eigenvalue weighted by molar-refractivity contribution is -0.121. The number of benzene rings is 4. The van der Waals surface area contributed by atoms with Crippen LogP contribution < -0.4 is 14.8 Å². The summed E-state index contributed by atoms with van der Waals surface area (Å²) in [5, 5.41) is 6.65. The maximum Gasteiger partial charge on any atom is 0.305 e. The Morgan fingerprint density at radius 2 is 1.50 bits per heavy atom. The van der Waals surface area contributed by atoms with Gasteiger partial charge in [-0.3, -0.25) is 4.79 Å². The molecule has 0 aliphatic carbocycles. The van der Waals surface area contributed by atoms with Crippen LogP contribution in [0.1, 0.15) is 35.6 Å². The van der Waals surface area contributed by atoms with Gasteiger partial charge in [-0.1, -0.05) is 84.9 Å². The van der Waals surface area contributed by atoms with Gasteiger partial charge in [-0.2, -0.15) is 0 Å². The van der Waals surface area contributed by atoms with Gasteiger partial charge in [0, 0.05) is 28.3 Å². The number of rotatable bonds is 8. The van der Waals surface area contributed by atoms with Crippen LogP contribution in [0.5, 0.6) is 11.5 Å². The molecule has 4 nitrogen and oxygen atoms in total. The van der Waals surface area contributed by atoms with E-state index in [-0.39, 0.29) is 11.9 Å². The van der Waals surface area contributed by atoms with Gasteiger partial charge in [-0.25, -0.2) is 0 Å². The van der Waals surface area contributed by atoms with Crippen LogP contribution in [-0.2, 0) is 23.4 Å². The number of ether oxygens (including phenoxy) is 2. The zero-order chi connectivity index (χ0) is 26.0. The lowest BCUT2D eigenvalue weighted by atomic mass is 9.97. The molecule has 0 saturated heterocycles. The number of fused-ring (bicyclic) bond motifs is 2. The molecular weight excluding hydrogens is 490 g/mol. The molecule has 0 bridgehead atoms. The SMILES string of the molecule is C[C@H](Cc1csc2ccccc12)NC(=O)CCc1ccc2c(c1)OC(c1ccccc1)(c1ccccc1)O2. The Bertz CT molecular complexity index is 1520. The normalized spacial score (nSPS) is 14.3. The summed E-state index contributed by atoms with van der Waals surface area (Å²) in [7, 11) is 0. The standard InChI is InChI=1S/C33H29NO3S/c1-23(20-25-22-38-31-15-9-8-14-28(25)31)34-32(35)19-17-24-16-18-29-30(21-24)37-33(36-29,26-10-4-2-5-11-26)27-12-6-3-7-13-27/h2-16,18,21-23H,17,19-20H2,1H3,(H,34,35)/t23-/m1/s1. The van der Waals surface area contributed by atoms with Crippen LogP contribution >= 0.6 is 11.3 Å². The maximum absolute atomic E-state index is 12.8. The Morgan fingerprint density at radius 1 is 0.842 bits per heavy atom. The lowest BCUT2D eigenvalue weighted by Gasteiger charge is -2.28. The number of carbonyl (C=O) groups is 1.